The van der Waals surface area contributed by atoms with Crippen LogP contribution >= 0.6 is 0 Å². The number of aliphatic carboxylic acids is 1. The van der Waals surface area contributed by atoms with Crippen LogP contribution in [0.5, 0.6) is 5.75 Å². The molecule has 0 unspecified atom stereocenters. The van der Waals surface area contributed by atoms with Crippen molar-refractivity contribution in [2.45, 2.75) is 25.7 Å². The molecule has 0 radical (unpaired) electrons. The summed E-state index contributed by atoms with van der Waals surface area (Å²) in [5.41, 5.74) is 0.929. The van der Waals surface area contributed by atoms with Gasteiger partial charge in [0.25, 0.3) is 0 Å². The van der Waals surface area contributed by atoms with Crippen LogP contribution in [0, 0.1) is 0 Å². The van der Waals surface area contributed by atoms with E-state index in [4.69, 9.17) is 9.84 Å². The van der Waals surface area contributed by atoms with E-state index in [1.807, 2.05) is 43.3 Å². The minimum Gasteiger partial charge on any atom is -0.497 e. The largest absolute Gasteiger partial charge is 0.497 e. The maximum atomic E-state index is 12.1. The zero-order valence-electron chi connectivity index (χ0n) is 13.3. The van der Waals surface area contributed by atoms with Crippen molar-refractivity contribution in [2.75, 3.05) is 13.7 Å². The van der Waals surface area contributed by atoms with E-state index in [9.17, 15) is 9.59 Å². The number of methoxy groups -OCH3 is 1. The highest BCUT2D eigenvalue weighted by atomic mass is 16.5. The summed E-state index contributed by atoms with van der Waals surface area (Å²) in [6.45, 7) is 2.22. The van der Waals surface area contributed by atoms with E-state index in [1.165, 1.54) is 0 Å². The van der Waals surface area contributed by atoms with Gasteiger partial charge in [0.15, 0.2) is 0 Å². The molecule has 0 bridgehead atoms. The molecule has 2 aromatic rings. The summed E-state index contributed by atoms with van der Waals surface area (Å²) in [5.74, 6) is -0.429. The molecule has 2 aromatic carbocycles. The van der Waals surface area contributed by atoms with Gasteiger partial charge in [-0.05, 0) is 41.8 Å². The van der Waals surface area contributed by atoms with Crippen LogP contribution in [0.4, 0.5) is 0 Å². The van der Waals surface area contributed by atoms with E-state index >= 15 is 0 Å². The normalized spacial score (nSPS) is 11.9. The van der Waals surface area contributed by atoms with Gasteiger partial charge in [-0.15, -0.1) is 0 Å². The van der Waals surface area contributed by atoms with E-state index in [0.717, 1.165) is 22.1 Å². The van der Waals surface area contributed by atoms with Crippen molar-refractivity contribution < 1.29 is 19.4 Å². The molecule has 0 saturated heterocycles. The van der Waals surface area contributed by atoms with Gasteiger partial charge in [-0.2, -0.15) is 0 Å². The third-order valence-electron chi connectivity index (χ3n) is 3.83. The van der Waals surface area contributed by atoms with Crippen molar-refractivity contribution in [3.8, 4) is 5.75 Å². The molecule has 1 atom stereocenters. The van der Waals surface area contributed by atoms with Gasteiger partial charge in [-0.3, -0.25) is 9.59 Å². The Morgan fingerprint density at radius 2 is 1.87 bits per heavy atom. The van der Waals surface area contributed by atoms with Crippen molar-refractivity contribution in [1.29, 1.82) is 0 Å². The minimum absolute atomic E-state index is 0.0620. The van der Waals surface area contributed by atoms with Crippen LogP contribution in [0.1, 0.15) is 31.2 Å². The van der Waals surface area contributed by atoms with Gasteiger partial charge < -0.3 is 15.2 Å². The molecule has 2 rings (SSSR count). The molecule has 0 aliphatic heterocycles. The third kappa shape index (κ3) is 4.45. The zero-order chi connectivity index (χ0) is 16.8. The second-order valence-corrected chi connectivity index (χ2v) is 5.48. The van der Waals surface area contributed by atoms with Gasteiger partial charge in [0.1, 0.15) is 5.75 Å². The predicted octanol–water partition coefficient (Wildman–Crippen LogP) is 2.93. The van der Waals surface area contributed by atoms with E-state index in [1.54, 1.807) is 7.11 Å². The Balaban J connectivity index is 2.03. The number of carbonyl (C=O) groups excluding carboxylic acids is 1. The Hall–Kier alpha value is -2.56. The number of hydrogen-bond donors (Lipinski definition) is 2. The third-order valence-corrected chi connectivity index (χ3v) is 3.83. The Labute approximate surface area is 135 Å². The van der Waals surface area contributed by atoms with Crippen molar-refractivity contribution >= 4 is 22.6 Å². The minimum atomic E-state index is -0.850. The second kappa shape index (κ2) is 7.63. The fourth-order valence-electron chi connectivity index (χ4n) is 2.39. The lowest BCUT2D eigenvalue weighted by Gasteiger charge is -2.13. The summed E-state index contributed by atoms with van der Waals surface area (Å²) in [4.78, 5) is 22.6. The molecule has 1 amide bonds. The number of nitrogens with one attached hydrogen (secondary N) is 1. The first-order valence-corrected chi connectivity index (χ1v) is 7.58. The molecule has 0 heterocycles. The zero-order valence-corrected chi connectivity index (χ0v) is 13.3. The van der Waals surface area contributed by atoms with Crippen LogP contribution in [-0.4, -0.2) is 30.6 Å². The fraction of sp³-hybridized carbons (Fsp3) is 0.333. The lowest BCUT2D eigenvalue weighted by Crippen LogP contribution is -2.29. The predicted molar refractivity (Wildman–Crippen MR) is 88.8 cm³/mol. The molecule has 0 spiro atoms. The summed E-state index contributed by atoms with van der Waals surface area (Å²) in [7, 11) is 1.63. The van der Waals surface area contributed by atoms with Crippen LogP contribution in [0.25, 0.3) is 10.8 Å². The summed E-state index contributed by atoms with van der Waals surface area (Å²) >= 11 is 0. The molecule has 122 valence electrons. The average Bonchev–Trinajstić information content (AvgIpc) is 2.56. The summed E-state index contributed by atoms with van der Waals surface area (Å²) in [6.07, 6.45) is 0.498. The highest BCUT2D eigenvalue weighted by molar-refractivity contribution is 5.88. The van der Waals surface area contributed by atoms with E-state index < -0.39 is 5.97 Å². The molecule has 0 aliphatic rings. The summed E-state index contributed by atoms with van der Waals surface area (Å²) < 4.78 is 5.20. The van der Waals surface area contributed by atoms with Gasteiger partial charge in [-0.1, -0.05) is 24.3 Å². The quantitative estimate of drug-likeness (QED) is 0.770. The molecule has 0 fully saturated rings. The molecule has 0 aromatic heterocycles. The highest BCUT2D eigenvalue weighted by Crippen LogP contribution is 2.25. The number of carboxylic acids is 1. The molecule has 5 nitrogen and oxygen atoms in total. The SMILES string of the molecule is COc1ccc2cc([C@H](C)C(=O)NCCCC(=O)O)ccc2c1. The fourth-order valence-corrected chi connectivity index (χ4v) is 2.39. The number of hydrogen-bond acceptors (Lipinski definition) is 3. The monoisotopic (exact) mass is 315 g/mol. The first-order chi connectivity index (χ1) is 11.0. The Morgan fingerprint density at radius 1 is 1.17 bits per heavy atom. The number of benzene rings is 2. The van der Waals surface area contributed by atoms with Gasteiger partial charge in [-0.25, -0.2) is 0 Å². The number of amides is 1. The van der Waals surface area contributed by atoms with Crippen LogP contribution in [0.2, 0.25) is 0 Å². The Kier molecular flexibility index (Phi) is 5.57. The number of carboxylic acid groups (broad SMARTS) is 1. The van der Waals surface area contributed by atoms with Gasteiger partial charge in [0, 0.05) is 13.0 Å². The van der Waals surface area contributed by atoms with Gasteiger partial charge >= 0.3 is 5.97 Å². The standard InChI is InChI=1S/C18H21NO4/c1-12(18(22)19-9-3-4-17(20)21)13-5-6-15-11-16(23-2)8-7-14(15)10-13/h5-8,10-12H,3-4,9H2,1-2H3,(H,19,22)(H,20,21)/t12-/m0/s1. The molecule has 0 saturated carbocycles. The van der Waals surface area contributed by atoms with E-state index in [0.29, 0.717) is 13.0 Å². The first-order valence-electron chi connectivity index (χ1n) is 7.58. The number of carbonyl (C=O) groups is 2. The number of ether oxygens (including phenoxy) is 1. The molecule has 0 aliphatic carbocycles. The smallest absolute Gasteiger partial charge is 0.303 e. The van der Waals surface area contributed by atoms with Crippen LogP contribution in [-0.2, 0) is 9.59 Å². The van der Waals surface area contributed by atoms with Crippen molar-refractivity contribution in [1.82, 2.24) is 5.32 Å². The average molecular weight is 315 g/mol. The maximum Gasteiger partial charge on any atom is 0.303 e. The molecule has 5 heteroatoms. The lowest BCUT2D eigenvalue weighted by molar-refractivity contribution is -0.137. The van der Waals surface area contributed by atoms with Crippen molar-refractivity contribution in [2.24, 2.45) is 0 Å². The van der Waals surface area contributed by atoms with Crippen molar-refractivity contribution in [3.63, 3.8) is 0 Å². The summed E-state index contributed by atoms with van der Waals surface area (Å²) in [6, 6.07) is 11.7. The van der Waals surface area contributed by atoms with Gasteiger partial charge in [0.2, 0.25) is 5.91 Å². The van der Waals surface area contributed by atoms with E-state index in [-0.39, 0.29) is 18.2 Å². The molecular weight excluding hydrogens is 294 g/mol. The van der Waals surface area contributed by atoms with E-state index in [2.05, 4.69) is 5.32 Å². The molecule has 2 N–H and O–H groups in total. The van der Waals surface area contributed by atoms with Crippen molar-refractivity contribution in [3.05, 3.63) is 42.0 Å². The Bertz CT molecular complexity index is 711. The van der Waals surface area contributed by atoms with Crippen LogP contribution < -0.4 is 10.1 Å². The highest BCUT2D eigenvalue weighted by Gasteiger charge is 2.15. The Morgan fingerprint density at radius 3 is 2.57 bits per heavy atom. The van der Waals surface area contributed by atoms with Crippen LogP contribution in [0.3, 0.4) is 0 Å². The lowest BCUT2D eigenvalue weighted by atomic mass is 9.97. The second-order valence-electron chi connectivity index (χ2n) is 5.48. The summed E-state index contributed by atoms with van der Waals surface area (Å²) in [5, 5.41) is 13.5. The van der Waals surface area contributed by atoms with Crippen LogP contribution in [0.15, 0.2) is 36.4 Å². The molecular formula is C18H21NO4. The topological polar surface area (TPSA) is 75.6 Å². The number of fused-ring (bicyclic) bond motifs is 1. The van der Waals surface area contributed by atoms with Gasteiger partial charge in [0.05, 0.1) is 13.0 Å². The maximum absolute atomic E-state index is 12.1. The molecule has 23 heavy (non-hydrogen) atoms. The first kappa shape index (κ1) is 16.8. The number of rotatable bonds is 7.